The van der Waals surface area contributed by atoms with E-state index < -0.39 is 60.4 Å². The number of hydrogen-bond acceptors (Lipinski definition) is 7. The topological polar surface area (TPSA) is 157 Å². The Labute approximate surface area is 211 Å². The van der Waals surface area contributed by atoms with Crippen molar-refractivity contribution in [3.63, 3.8) is 0 Å². The highest BCUT2D eigenvalue weighted by Gasteiger charge is 2.36. The first-order valence-corrected chi connectivity index (χ1v) is 11.5. The number of carbonyl (C=O) groups excluding carboxylic acids is 5. The minimum Gasteiger partial charge on any atom is -0.468 e. The van der Waals surface area contributed by atoms with Gasteiger partial charge in [0.1, 0.15) is 24.2 Å². The van der Waals surface area contributed by atoms with E-state index in [4.69, 9.17) is 10.5 Å². The summed E-state index contributed by atoms with van der Waals surface area (Å²) in [4.78, 5) is 63.7. The number of benzene rings is 1. The van der Waals surface area contributed by atoms with E-state index in [0.29, 0.717) is 5.56 Å². The number of nitrogens with zero attached hydrogens (tertiary/aromatic N) is 1. The maximum Gasteiger partial charge on any atom is 0.408 e. The van der Waals surface area contributed by atoms with Gasteiger partial charge in [0.2, 0.25) is 17.7 Å². The van der Waals surface area contributed by atoms with Crippen LogP contribution in [0.25, 0.3) is 0 Å². The molecule has 0 aromatic heterocycles. The predicted molar refractivity (Wildman–Crippen MR) is 132 cm³/mol. The zero-order chi connectivity index (χ0) is 27.5. The first-order chi connectivity index (χ1) is 16.8. The van der Waals surface area contributed by atoms with Crippen LogP contribution in [0.1, 0.15) is 51.3 Å². The number of aryl methyl sites for hydroxylation is 1. The number of rotatable bonds is 12. The Hall–Kier alpha value is -3.89. The maximum atomic E-state index is 13.6. The zero-order valence-electron chi connectivity index (χ0n) is 21.5. The largest absolute Gasteiger partial charge is 0.468 e. The highest BCUT2D eigenvalue weighted by Crippen LogP contribution is 2.24. The summed E-state index contributed by atoms with van der Waals surface area (Å²) < 4.78 is 9.79. The normalized spacial score (nSPS) is 12.5. The van der Waals surface area contributed by atoms with Crippen LogP contribution in [0, 0.1) is 0 Å². The highest BCUT2D eigenvalue weighted by molar-refractivity contribution is 5.95. The van der Waals surface area contributed by atoms with Gasteiger partial charge in [-0.25, -0.2) is 4.79 Å². The Morgan fingerprint density at radius 2 is 1.75 bits per heavy atom. The van der Waals surface area contributed by atoms with Crippen LogP contribution in [0.5, 0.6) is 0 Å². The fraction of sp³-hybridized carbons (Fsp3) is 0.480. The molecule has 0 spiro atoms. The second-order valence-electron chi connectivity index (χ2n) is 8.94. The van der Waals surface area contributed by atoms with Crippen LogP contribution in [0.15, 0.2) is 36.9 Å². The van der Waals surface area contributed by atoms with Crippen LogP contribution in [-0.4, -0.2) is 66.5 Å². The molecule has 0 saturated carbocycles. The molecule has 1 aromatic carbocycles. The van der Waals surface area contributed by atoms with Gasteiger partial charge in [0, 0.05) is 6.54 Å². The van der Waals surface area contributed by atoms with Gasteiger partial charge in [0.15, 0.2) is 0 Å². The van der Waals surface area contributed by atoms with Crippen molar-refractivity contribution < 1.29 is 33.4 Å². The van der Waals surface area contributed by atoms with Crippen LogP contribution in [0.2, 0.25) is 0 Å². The molecule has 11 heteroatoms. The third-order valence-corrected chi connectivity index (χ3v) is 4.90. The molecule has 0 radical (unpaired) electrons. The van der Waals surface area contributed by atoms with E-state index in [2.05, 4.69) is 21.9 Å². The van der Waals surface area contributed by atoms with Gasteiger partial charge in [0.05, 0.1) is 13.5 Å². The summed E-state index contributed by atoms with van der Waals surface area (Å²) in [6, 6.07) is 4.37. The van der Waals surface area contributed by atoms with Gasteiger partial charge in [-0.3, -0.25) is 19.2 Å². The fourth-order valence-electron chi connectivity index (χ4n) is 3.25. The van der Waals surface area contributed by atoms with Crippen molar-refractivity contribution in [3.8, 4) is 0 Å². The summed E-state index contributed by atoms with van der Waals surface area (Å²) in [5, 5.41) is 4.83. The van der Waals surface area contributed by atoms with Crippen LogP contribution < -0.4 is 16.4 Å². The molecule has 4 N–H and O–H groups in total. The lowest BCUT2D eigenvalue weighted by Crippen LogP contribution is -2.54. The van der Waals surface area contributed by atoms with Crippen molar-refractivity contribution in [2.75, 3.05) is 20.2 Å². The molecule has 36 heavy (non-hydrogen) atoms. The van der Waals surface area contributed by atoms with E-state index in [-0.39, 0.29) is 6.54 Å². The molecule has 11 nitrogen and oxygen atoms in total. The molecule has 0 aliphatic carbocycles. The predicted octanol–water partition coefficient (Wildman–Crippen LogP) is 1.36. The van der Waals surface area contributed by atoms with Crippen LogP contribution in [0.4, 0.5) is 4.79 Å². The molecular weight excluding hydrogens is 468 g/mol. The summed E-state index contributed by atoms with van der Waals surface area (Å²) >= 11 is 0. The third-order valence-electron chi connectivity index (χ3n) is 4.90. The Bertz CT molecular complexity index is 954. The summed E-state index contributed by atoms with van der Waals surface area (Å²) in [5.41, 5.74) is 5.92. The molecule has 1 rings (SSSR count). The van der Waals surface area contributed by atoms with Gasteiger partial charge in [-0.15, -0.1) is 6.58 Å². The van der Waals surface area contributed by atoms with Crippen molar-refractivity contribution in [3.05, 3.63) is 48.0 Å². The van der Waals surface area contributed by atoms with Crippen LogP contribution >= 0.6 is 0 Å². The summed E-state index contributed by atoms with van der Waals surface area (Å²) in [6.45, 7) is 10.0. The van der Waals surface area contributed by atoms with E-state index in [9.17, 15) is 24.0 Å². The van der Waals surface area contributed by atoms with Crippen molar-refractivity contribution in [1.29, 1.82) is 0 Å². The third kappa shape index (κ3) is 9.77. The average molecular weight is 505 g/mol. The number of nitrogens with two attached hydrogens (primary N) is 1. The molecule has 1 aromatic rings. The Morgan fingerprint density at radius 3 is 2.22 bits per heavy atom. The molecule has 2 atom stereocenters. The molecule has 0 aliphatic rings. The molecule has 0 saturated heterocycles. The van der Waals surface area contributed by atoms with Gasteiger partial charge in [-0.1, -0.05) is 37.3 Å². The lowest BCUT2D eigenvalue weighted by atomic mass is 10.00. The first kappa shape index (κ1) is 30.1. The number of nitrogens with one attached hydrogen (secondary N) is 2. The van der Waals surface area contributed by atoms with Gasteiger partial charge in [0.25, 0.3) is 0 Å². The van der Waals surface area contributed by atoms with Gasteiger partial charge in [-0.05, 0) is 38.3 Å². The number of esters is 1. The Kier molecular flexibility index (Phi) is 11.6. The second kappa shape index (κ2) is 13.9. The van der Waals surface area contributed by atoms with Crippen molar-refractivity contribution in [2.45, 2.75) is 58.2 Å². The molecule has 198 valence electrons. The van der Waals surface area contributed by atoms with E-state index in [1.165, 1.54) is 13.2 Å². The number of alkyl carbamates (subject to hydrolysis) is 1. The zero-order valence-corrected chi connectivity index (χ0v) is 21.5. The monoisotopic (exact) mass is 504 g/mol. The van der Waals surface area contributed by atoms with Crippen molar-refractivity contribution >= 4 is 29.8 Å². The molecule has 0 heterocycles. The number of carbonyl (C=O) groups is 5. The summed E-state index contributed by atoms with van der Waals surface area (Å²) in [6.07, 6.45) is 0.694. The standard InChI is InChI=1S/C25H36N4O7/c1-7-13-29(23(33)18(14-19(26)30)28-24(34)36-25(3,4)5)21(22(32)27-15-20(31)35-6)17-11-9-16(8-2)10-12-17/h7,9-12,18,21H,1,8,13-15H2,2-6H3,(H2,26,30)(H,27,32)(H,28,34). The van der Waals surface area contributed by atoms with Gasteiger partial charge >= 0.3 is 12.1 Å². The fourth-order valence-corrected chi connectivity index (χ4v) is 3.25. The van der Waals surface area contributed by atoms with E-state index in [1.54, 1.807) is 32.9 Å². The van der Waals surface area contributed by atoms with Crippen molar-refractivity contribution in [1.82, 2.24) is 15.5 Å². The highest BCUT2D eigenvalue weighted by atomic mass is 16.6. The molecular formula is C25H36N4O7. The summed E-state index contributed by atoms with van der Waals surface area (Å²) in [7, 11) is 1.18. The smallest absolute Gasteiger partial charge is 0.408 e. The molecule has 0 bridgehead atoms. The minimum atomic E-state index is -1.41. The number of hydrogen-bond donors (Lipinski definition) is 3. The maximum absolute atomic E-state index is 13.6. The number of ether oxygens (including phenoxy) is 2. The van der Waals surface area contributed by atoms with Crippen molar-refractivity contribution in [2.24, 2.45) is 5.73 Å². The van der Waals surface area contributed by atoms with E-state index >= 15 is 0 Å². The molecule has 4 amide bonds. The quantitative estimate of drug-likeness (QED) is 0.286. The Morgan fingerprint density at radius 1 is 1.14 bits per heavy atom. The van der Waals surface area contributed by atoms with Gasteiger partial charge < -0.3 is 30.7 Å². The number of amides is 4. The summed E-state index contributed by atoms with van der Waals surface area (Å²) in [5.74, 6) is -2.96. The number of methoxy groups -OCH3 is 1. The SMILES string of the molecule is C=CCN(C(=O)C(CC(N)=O)NC(=O)OC(C)(C)C)C(C(=O)NCC(=O)OC)c1ccc(CC)cc1. The minimum absolute atomic E-state index is 0.115. The molecule has 0 aliphatic heterocycles. The van der Waals surface area contributed by atoms with Crippen LogP contribution in [-0.2, 0) is 35.1 Å². The van der Waals surface area contributed by atoms with E-state index in [0.717, 1.165) is 16.9 Å². The van der Waals surface area contributed by atoms with Gasteiger partial charge in [-0.2, -0.15) is 0 Å². The second-order valence-corrected chi connectivity index (χ2v) is 8.94. The van der Waals surface area contributed by atoms with Crippen LogP contribution in [0.3, 0.4) is 0 Å². The molecule has 0 fully saturated rings. The number of primary amides is 1. The first-order valence-electron chi connectivity index (χ1n) is 11.5. The average Bonchev–Trinajstić information content (AvgIpc) is 2.80. The molecule has 2 unspecified atom stereocenters. The Balaban J connectivity index is 3.44. The lowest BCUT2D eigenvalue weighted by Gasteiger charge is -2.33. The van der Waals surface area contributed by atoms with E-state index in [1.807, 2.05) is 19.1 Å². The lowest BCUT2D eigenvalue weighted by molar-refractivity contribution is -0.144.